The third-order valence-corrected chi connectivity index (χ3v) is 4.25. The lowest BCUT2D eigenvalue weighted by molar-refractivity contribution is 0.0691. The molecule has 0 spiro atoms. The minimum atomic E-state index is -0.300. The van der Waals surface area contributed by atoms with E-state index in [-0.39, 0.29) is 30.2 Å². The lowest BCUT2D eigenvalue weighted by Gasteiger charge is -2.28. The van der Waals surface area contributed by atoms with E-state index >= 15 is 0 Å². The first-order valence-corrected chi connectivity index (χ1v) is 7.68. The van der Waals surface area contributed by atoms with E-state index < -0.39 is 0 Å². The van der Waals surface area contributed by atoms with Crippen molar-refractivity contribution in [2.75, 3.05) is 19.6 Å². The number of hydrogen-bond acceptors (Lipinski definition) is 2. The molecule has 1 fully saturated rings. The smallest absolute Gasteiger partial charge is 0.255 e. The van der Waals surface area contributed by atoms with Crippen LogP contribution in [0.15, 0.2) is 18.2 Å². The summed E-state index contributed by atoms with van der Waals surface area (Å²) in [5.74, 6) is -0.287. The van der Waals surface area contributed by atoms with Gasteiger partial charge in [0.2, 0.25) is 0 Å². The average Bonchev–Trinajstić information content (AvgIpc) is 2.89. The summed E-state index contributed by atoms with van der Waals surface area (Å²) in [7, 11) is 0. The van der Waals surface area contributed by atoms with Crippen molar-refractivity contribution in [2.24, 2.45) is 0 Å². The van der Waals surface area contributed by atoms with Crippen LogP contribution in [-0.2, 0) is 0 Å². The Bertz CT molecular complexity index is 466. The molecule has 0 aliphatic carbocycles. The highest BCUT2D eigenvalue weighted by Crippen LogP contribution is 2.19. The fourth-order valence-corrected chi connectivity index (χ4v) is 3.12. The van der Waals surface area contributed by atoms with Crippen LogP contribution in [0.2, 0.25) is 0 Å². The van der Waals surface area contributed by atoms with Crippen molar-refractivity contribution >= 4 is 40.9 Å². The lowest BCUT2D eigenvalue weighted by Crippen LogP contribution is -2.42. The molecule has 1 atom stereocenters. The molecule has 0 aromatic heterocycles. The summed E-state index contributed by atoms with van der Waals surface area (Å²) in [5, 5.41) is 3.29. The monoisotopic (exact) mass is 412 g/mol. The van der Waals surface area contributed by atoms with Crippen LogP contribution < -0.4 is 5.32 Å². The number of carbonyl (C=O) groups excluding carboxylic acids is 1. The van der Waals surface area contributed by atoms with Crippen molar-refractivity contribution < 1.29 is 9.18 Å². The highest BCUT2D eigenvalue weighted by molar-refractivity contribution is 14.1. The Kier molecular flexibility index (Phi) is 7.19. The molecule has 1 aromatic rings. The molecule has 3 nitrogen and oxygen atoms in total. The fraction of sp³-hybridized carbons (Fsp3) is 0.500. The Balaban J connectivity index is 0.00000200. The minimum Gasteiger partial charge on any atom is -0.334 e. The Morgan fingerprint density at radius 2 is 2.30 bits per heavy atom. The van der Waals surface area contributed by atoms with Gasteiger partial charge < -0.3 is 10.2 Å². The Morgan fingerprint density at radius 3 is 2.85 bits per heavy atom. The SMILES string of the molecule is CCCN(C(=O)c1ccc(F)cc1I)C1CCNC1.Cl. The normalized spacial score (nSPS) is 17.6. The molecule has 1 amide bonds. The van der Waals surface area contributed by atoms with Gasteiger partial charge >= 0.3 is 0 Å². The maximum absolute atomic E-state index is 13.1. The molecule has 1 aromatic carbocycles. The highest BCUT2D eigenvalue weighted by Gasteiger charge is 2.27. The first kappa shape index (κ1) is 17.7. The van der Waals surface area contributed by atoms with E-state index in [1.807, 2.05) is 27.5 Å². The van der Waals surface area contributed by atoms with Gasteiger partial charge in [0.25, 0.3) is 5.91 Å². The summed E-state index contributed by atoms with van der Waals surface area (Å²) in [6.45, 7) is 4.62. The van der Waals surface area contributed by atoms with E-state index in [9.17, 15) is 9.18 Å². The molecule has 1 saturated heterocycles. The standard InChI is InChI=1S/C14H18FIN2O.ClH/c1-2-7-18(11-5-6-17-9-11)14(19)12-4-3-10(15)8-13(12)16;/h3-4,8,11,17H,2,5-7,9H2,1H3;1H. The molecule has 112 valence electrons. The Hall–Kier alpha value is -0.400. The van der Waals surface area contributed by atoms with Crippen molar-refractivity contribution in [2.45, 2.75) is 25.8 Å². The van der Waals surface area contributed by atoms with Crippen molar-refractivity contribution in [3.63, 3.8) is 0 Å². The van der Waals surface area contributed by atoms with Gasteiger partial charge in [-0.1, -0.05) is 6.92 Å². The fourth-order valence-electron chi connectivity index (χ4n) is 2.41. The van der Waals surface area contributed by atoms with Gasteiger partial charge in [-0.3, -0.25) is 4.79 Å². The number of rotatable bonds is 4. The van der Waals surface area contributed by atoms with Crippen LogP contribution in [-0.4, -0.2) is 36.5 Å². The van der Waals surface area contributed by atoms with Gasteiger partial charge in [-0.25, -0.2) is 4.39 Å². The molecule has 0 bridgehead atoms. The maximum atomic E-state index is 13.1. The van der Waals surface area contributed by atoms with Crippen LogP contribution in [0.4, 0.5) is 4.39 Å². The molecule has 2 rings (SSSR count). The second-order valence-electron chi connectivity index (χ2n) is 4.77. The largest absolute Gasteiger partial charge is 0.334 e. The number of benzene rings is 1. The van der Waals surface area contributed by atoms with Gasteiger partial charge in [-0.05, 0) is 60.2 Å². The van der Waals surface area contributed by atoms with Gasteiger partial charge in [-0.15, -0.1) is 12.4 Å². The molecule has 1 N–H and O–H groups in total. The van der Waals surface area contributed by atoms with Crippen LogP contribution >= 0.6 is 35.0 Å². The molecular weight excluding hydrogens is 394 g/mol. The van der Waals surface area contributed by atoms with E-state index in [2.05, 4.69) is 12.2 Å². The van der Waals surface area contributed by atoms with Crippen LogP contribution in [0.1, 0.15) is 30.1 Å². The van der Waals surface area contributed by atoms with Crippen molar-refractivity contribution in [1.82, 2.24) is 10.2 Å². The van der Waals surface area contributed by atoms with Crippen molar-refractivity contribution in [1.29, 1.82) is 0 Å². The number of halogens is 3. The van der Waals surface area contributed by atoms with E-state index in [1.165, 1.54) is 12.1 Å². The molecule has 1 aliphatic rings. The average molecular weight is 413 g/mol. The zero-order valence-electron chi connectivity index (χ0n) is 11.4. The zero-order chi connectivity index (χ0) is 13.8. The van der Waals surface area contributed by atoms with Crippen molar-refractivity contribution in [3.8, 4) is 0 Å². The Morgan fingerprint density at radius 1 is 1.55 bits per heavy atom. The summed E-state index contributed by atoms with van der Waals surface area (Å²) in [4.78, 5) is 14.6. The van der Waals surface area contributed by atoms with E-state index in [1.54, 1.807) is 6.07 Å². The molecule has 1 unspecified atom stereocenters. The second kappa shape index (κ2) is 8.14. The highest BCUT2D eigenvalue weighted by atomic mass is 127. The summed E-state index contributed by atoms with van der Waals surface area (Å²) < 4.78 is 13.8. The second-order valence-corrected chi connectivity index (χ2v) is 5.93. The predicted molar refractivity (Wildman–Crippen MR) is 89.0 cm³/mol. The molecule has 0 radical (unpaired) electrons. The number of nitrogens with zero attached hydrogens (tertiary/aromatic N) is 1. The minimum absolute atomic E-state index is 0. The first-order valence-electron chi connectivity index (χ1n) is 6.60. The Labute approximate surface area is 138 Å². The number of carbonyl (C=O) groups is 1. The zero-order valence-corrected chi connectivity index (χ0v) is 14.3. The quantitative estimate of drug-likeness (QED) is 0.771. The third-order valence-electron chi connectivity index (χ3n) is 3.36. The van der Waals surface area contributed by atoms with E-state index in [0.29, 0.717) is 9.13 Å². The summed E-state index contributed by atoms with van der Waals surface area (Å²) in [6, 6.07) is 4.61. The van der Waals surface area contributed by atoms with Crippen LogP contribution in [0, 0.1) is 9.39 Å². The summed E-state index contributed by atoms with van der Waals surface area (Å²) >= 11 is 2.02. The van der Waals surface area contributed by atoms with Crippen LogP contribution in [0.3, 0.4) is 0 Å². The number of nitrogens with one attached hydrogen (secondary N) is 1. The van der Waals surface area contributed by atoms with Gasteiger partial charge in [0.1, 0.15) is 5.82 Å². The van der Waals surface area contributed by atoms with Crippen molar-refractivity contribution in [3.05, 3.63) is 33.1 Å². The van der Waals surface area contributed by atoms with E-state index in [4.69, 9.17) is 0 Å². The van der Waals surface area contributed by atoms with Gasteiger partial charge in [0, 0.05) is 22.7 Å². The maximum Gasteiger partial charge on any atom is 0.255 e. The number of amides is 1. The topological polar surface area (TPSA) is 32.3 Å². The van der Waals surface area contributed by atoms with E-state index in [0.717, 1.165) is 32.5 Å². The summed E-state index contributed by atoms with van der Waals surface area (Å²) in [6.07, 6.45) is 1.92. The summed E-state index contributed by atoms with van der Waals surface area (Å²) in [5.41, 5.74) is 0.599. The molecule has 1 aliphatic heterocycles. The van der Waals surface area contributed by atoms with Crippen LogP contribution in [0.25, 0.3) is 0 Å². The molecular formula is C14H19ClFIN2O. The third kappa shape index (κ3) is 4.05. The van der Waals surface area contributed by atoms with Crippen LogP contribution in [0.5, 0.6) is 0 Å². The molecule has 6 heteroatoms. The molecule has 20 heavy (non-hydrogen) atoms. The number of hydrogen-bond donors (Lipinski definition) is 1. The molecule has 1 heterocycles. The lowest BCUT2D eigenvalue weighted by atomic mass is 10.1. The molecule has 0 saturated carbocycles. The van der Waals surface area contributed by atoms with Gasteiger partial charge in [0.15, 0.2) is 0 Å². The first-order chi connectivity index (χ1) is 9.13. The van der Waals surface area contributed by atoms with Gasteiger partial charge in [0.05, 0.1) is 5.56 Å². The van der Waals surface area contributed by atoms with Gasteiger partial charge in [-0.2, -0.15) is 0 Å². The predicted octanol–water partition coefficient (Wildman–Crippen LogP) is 3.07.